The lowest BCUT2D eigenvalue weighted by Crippen LogP contribution is -2.27. The van der Waals surface area contributed by atoms with Crippen molar-refractivity contribution in [1.29, 1.82) is 0 Å². The first-order valence-electron chi connectivity index (χ1n) is 12.0. The molecule has 2 aliphatic rings. The molecule has 0 bridgehead atoms. The van der Waals surface area contributed by atoms with E-state index in [0.717, 1.165) is 62.7 Å². The molecular formula is C26H40F2O3. The van der Waals surface area contributed by atoms with Crippen LogP contribution in [0.4, 0.5) is 8.78 Å². The van der Waals surface area contributed by atoms with E-state index >= 15 is 0 Å². The van der Waals surface area contributed by atoms with Gasteiger partial charge in [-0.3, -0.25) is 0 Å². The van der Waals surface area contributed by atoms with Crippen molar-refractivity contribution >= 4 is 6.29 Å². The van der Waals surface area contributed by atoms with E-state index in [1.165, 1.54) is 18.9 Å². The van der Waals surface area contributed by atoms with Crippen LogP contribution < -0.4 is 4.74 Å². The Bertz CT molecular complexity index is 636. The molecule has 1 aromatic rings. The summed E-state index contributed by atoms with van der Waals surface area (Å²) in [7, 11) is 1.71. The minimum Gasteiger partial charge on any atom is -0.490 e. The minimum absolute atomic E-state index is 0.0855. The number of methoxy groups -OCH3 is 1. The van der Waals surface area contributed by atoms with Gasteiger partial charge in [0, 0.05) is 19.4 Å². The third-order valence-corrected chi connectivity index (χ3v) is 6.87. The van der Waals surface area contributed by atoms with E-state index in [1.54, 1.807) is 13.2 Å². The molecule has 0 radical (unpaired) electrons. The van der Waals surface area contributed by atoms with Gasteiger partial charge in [0.25, 0.3) is 0 Å². The second-order valence-corrected chi connectivity index (χ2v) is 9.20. The molecule has 1 atom stereocenters. The van der Waals surface area contributed by atoms with Gasteiger partial charge in [-0.05, 0) is 74.5 Å². The number of hydrogen-bond donors (Lipinski definition) is 0. The maximum absolute atomic E-state index is 14.2. The number of aryl methyl sites for hydroxylation is 1. The molecule has 2 fully saturated rings. The fourth-order valence-electron chi connectivity index (χ4n) is 4.51. The van der Waals surface area contributed by atoms with Gasteiger partial charge in [-0.25, -0.2) is 8.78 Å². The zero-order chi connectivity index (χ0) is 22.6. The Morgan fingerprint density at radius 1 is 1.10 bits per heavy atom. The standard InChI is InChI=1S/C18H26F2O2.C8H14O/c1-3-13-4-9-18(17(20)12-13)22-11-10-16(19)14-5-7-15(21-2)8-6-14;1-7-2-4-8(6-9)5-3-7/h4,9,12,14-16H,3,5-8,10-11H2,1-2H3;6-8H,2-5H2,1H3. The van der Waals surface area contributed by atoms with Gasteiger partial charge in [-0.2, -0.15) is 0 Å². The lowest BCUT2D eigenvalue weighted by Gasteiger charge is -2.29. The summed E-state index contributed by atoms with van der Waals surface area (Å²) in [5.41, 5.74) is 0.933. The first-order chi connectivity index (χ1) is 15.0. The second kappa shape index (κ2) is 13.8. The van der Waals surface area contributed by atoms with Crippen LogP contribution in [0, 0.1) is 23.6 Å². The van der Waals surface area contributed by atoms with Gasteiger partial charge >= 0.3 is 0 Å². The van der Waals surface area contributed by atoms with E-state index in [-0.39, 0.29) is 30.2 Å². The minimum atomic E-state index is -0.879. The molecular weight excluding hydrogens is 398 g/mol. The highest BCUT2D eigenvalue weighted by molar-refractivity contribution is 5.53. The Balaban J connectivity index is 0.000000316. The number of hydrogen-bond acceptors (Lipinski definition) is 3. The van der Waals surface area contributed by atoms with Crippen molar-refractivity contribution in [3.63, 3.8) is 0 Å². The molecule has 176 valence electrons. The van der Waals surface area contributed by atoms with Crippen LogP contribution in [-0.2, 0) is 16.0 Å². The largest absolute Gasteiger partial charge is 0.490 e. The Morgan fingerprint density at radius 2 is 1.77 bits per heavy atom. The molecule has 0 aliphatic heterocycles. The van der Waals surface area contributed by atoms with Crippen molar-refractivity contribution in [1.82, 2.24) is 0 Å². The van der Waals surface area contributed by atoms with Crippen LogP contribution in [0.2, 0.25) is 0 Å². The molecule has 3 nitrogen and oxygen atoms in total. The zero-order valence-electron chi connectivity index (χ0n) is 19.5. The zero-order valence-corrected chi connectivity index (χ0v) is 19.5. The van der Waals surface area contributed by atoms with Crippen molar-refractivity contribution in [3.05, 3.63) is 29.6 Å². The predicted octanol–water partition coefficient (Wildman–Crippen LogP) is 6.71. The van der Waals surface area contributed by atoms with E-state index in [9.17, 15) is 13.6 Å². The molecule has 0 spiro atoms. The fraction of sp³-hybridized carbons (Fsp3) is 0.731. The van der Waals surface area contributed by atoms with Crippen molar-refractivity contribution in [2.24, 2.45) is 17.8 Å². The molecule has 2 saturated carbocycles. The molecule has 31 heavy (non-hydrogen) atoms. The van der Waals surface area contributed by atoms with Crippen molar-refractivity contribution < 1.29 is 23.0 Å². The number of alkyl halides is 1. The number of halogens is 2. The maximum Gasteiger partial charge on any atom is 0.165 e. The van der Waals surface area contributed by atoms with Crippen molar-refractivity contribution in [3.8, 4) is 5.75 Å². The summed E-state index contributed by atoms with van der Waals surface area (Å²) in [5.74, 6) is 1.19. The van der Waals surface area contributed by atoms with Crippen LogP contribution >= 0.6 is 0 Å². The van der Waals surface area contributed by atoms with Gasteiger partial charge in [0.1, 0.15) is 12.5 Å². The molecule has 3 rings (SSSR count). The van der Waals surface area contributed by atoms with Crippen LogP contribution in [0.5, 0.6) is 5.75 Å². The van der Waals surface area contributed by atoms with Gasteiger partial charge in [0.15, 0.2) is 11.6 Å². The fourth-order valence-corrected chi connectivity index (χ4v) is 4.51. The van der Waals surface area contributed by atoms with E-state index in [0.29, 0.717) is 12.3 Å². The summed E-state index contributed by atoms with van der Waals surface area (Å²) in [6.45, 7) is 4.45. The van der Waals surface area contributed by atoms with Crippen LogP contribution in [0.25, 0.3) is 0 Å². The topological polar surface area (TPSA) is 35.5 Å². The second-order valence-electron chi connectivity index (χ2n) is 9.20. The van der Waals surface area contributed by atoms with E-state index in [4.69, 9.17) is 9.47 Å². The van der Waals surface area contributed by atoms with E-state index < -0.39 is 6.17 Å². The summed E-state index contributed by atoms with van der Waals surface area (Å²) in [5, 5.41) is 0. The summed E-state index contributed by atoms with van der Waals surface area (Å²) in [6.07, 6.45) is 9.96. The average molecular weight is 439 g/mol. The molecule has 1 unspecified atom stereocenters. The highest BCUT2D eigenvalue weighted by atomic mass is 19.1. The Kier molecular flexibility index (Phi) is 11.5. The molecule has 5 heteroatoms. The maximum atomic E-state index is 14.2. The first-order valence-corrected chi connectivity index (χ1v) is 12.0. The summed E-state index contributed by atoms with van der Waals surface area (Å²) >= 11 is 0. The smallest absolute Gasteiger partial charge is 0.165 e. The van der Waals surface area contributed by atoms with Gasteiger partial charge in [0.05, 0.1) is 12.7 Å². The molecule has 0 heterocycles. The van der Waals surface area contributed by atoms with Gasteiger partial charge in [-0.1, -0.05) is 32.8 Å². The lowest BCUT2D eigenvalue weighted by molar-refractivity contribution is -0.112. The Labute approximate surface area is 186 Å². The van der Waals surface area contributed by atoms with Crippen LogP contribution in [0.1, 0.15) is 77.2 Å². The first kappa shape index (κ1) is 25.8. The van der Waals surface area contributed by atoms with E-state index in [1.807, 2.05) is 13.0 Å². The van der Waals surface area contributed by atoms with Crippen LogP contribution in [0.15, 0.2) is 18.2 Å². The predicted molar refractivity (Wildman–Crippen MR) is 121 cm³/mol. The Morgan fingerprint density at radius 3 is 2.32 bits per heavy atom. The summed E-state index contributed by atoms with van der Waals surface area (Å²) in [4.78, 5) is 10.3. The molecule has 0 amide bonds. The van der Waals surface area contributed by atoms with E-state index in [2.05, 4.69) is 6.92 Å². The van der Waals surface area contributed by atoms with Gasteiger partial charge < -0.3 is 14.3 Å². The molecule has 0 aromatic heterocycles. The average Bonchev–Trinajstić information content (AvgIpc) is 2.81. The molecule has 1 aromatic carbocycles. The SMILES string of the molecule is CC1CCC(C=O)CC1.CCc1ccc(OCCC(F)C2CCC(OC)CC2)c(F)c1. The third-order valence-electron chi connectivity index (χ3n) is 6.87. The van der Waals surface area contributed by atoms with Gasteiger partial charge in [0.2, 0.25) is 0 Å². The van der Waals surface area contributed by atoms with Crippen LogP contribution in [-0.4, -0.2) is 32.3 Å². The van der Waals surface area contributed by atoms with Gasteiger partial charge in [-0.15, -0.1) is 0 Å². The summed E-state index contributed by atoms with van der Waals surface area (Å²) in [6, 6.07) is 4.96. The molecule has 0 saturated heterocycles. The van der Waals surface area contributed by atoms with Crippen molar-refractivity contribution in [2.75, 3.05) is 13.7 Å². The number of benzene rings is 1. The van der Waals surface area contributed by atoms with Crippen LogP contribution in [0.3, 0.4) is 0 Å². The number of carbonyl (C=O) groups excluding carboxylic acids is 1. The Hall–Kier alpha value is -1.49. The summed E-state index contributed by atoms with van der Waals surface area (Å²) < 4.78 is 38.7. The third kappa shape index (κ3) is 8.88. The molecule has 0 N–H and O–H groups in total. The number of rotatable bonds is 8. The number of aldehydes is 1. The monoisotopic (exact) mass is 438 g/mol. The molecule has 2 aliphatic carbocycles. The number of carbonyl (C=O) groups is 1. The number of ether oxygens (including phenoxy) is 2. The highest BCUT2D eigenvalue weighted by Gasteiger charge is 2.27. The lowest BCUT2D eigenvalue weighted by atomic mass is 9.83. The van der Waals surface area contributed by atoms with Crippen molar-refractivity contribution in [2.45, 2.75) is 90.3 Å². The highest BCUT2D eigenvalue weighted by Crippen LogP contribution is 2.31. The quantitative estimate of drug-likeness (QED) is 0.423. The normalized spacial score (nSPS) is 27.0.